The van der Waals surface area contributed by atoms with Crippen LogP contribution in [0, 0.1) is 5.82 Å². The predicted molar refractivity (Wildman–Crippen MR) is 94.1 cm³/mol. The van der Waals surface area contributed by atoms with Crippen LogP contribution >= 0.6 is 11.3 Å². The number of benzene rings is 2. The van der Waals surface area contributed by atoms with Crippen LogP contribution in [0.15, 0.2) is 48.5 Å². The molecule has 0 bridgehead atoms. The van der Waals surface area contributed by atoms with E-state index in [9.17, 15) is 9.18 Å². The van der Waals surface area contributed by atoms with E-state index in [1.165, 1.54) is 23.5 Å². The minimum absolute atomic E-state index is 0.00737. The first-order valence-electron chi connectivity index (χ1n) is 7.60. The fraction of sp³-hybridized carbons (Fsp3) is 0.222. The Labute approximate surface area is 143 Å². The van der Waals surface area contributed by atoms with Crippen molar-refractivity contribution in [3.05, 3.63) is 54.3 Å². The van der Waals surface area contributed by atoms with Crippen LogP contribution in [-0.4, -0.2) is 23.5 Å². The highest BCUT2D eigenvalue weighted by molar-refractivity contribution is 7.20. The SMILES string of the molecule is CC(C)N(C(=O)COc1nc2cc(F)ccc2s1)c1ccccc1. The molecule has 0 atom stereocenters. The first-order chi connectivity index (χ1) is 11.5. The third-order valence-corrected chi connectivity index (χ3v) is 4.42. The van der Waals surface area contributed by atoms with E-state index in [2.05, 4.69) is 4.98 Å². The van der Waals surface area contributed by atoms with Gasteiger partial charge in [0, 0.05) is 17.8 Å². The maximum atomic E-state index is 13.2. The molecule has 0 aliphatic rings. The molecule has 24 heavy (non-hydrogen) atoms. The number of anilines is 1. The van der Waals surface area contributed by atoms with Crippen LogP contribution in [0.2, 0.25) is 0 Å². The second kappa shape index (κ2) is 6.97. The summed E-state index contributed by atoms with van der Waals surface area (Å²) in [5.74, 6) is -0.493. The van der Waals surface area contributed by atoms with E-state index >= 15 is 0 Å². The maximum Gasteiger partial charge on any atom is 0.274 e. The number of nitrogens with zero attached hydrogens (tertiary/aromatic N) is 2. The van der Waals surface area contributed by atoms with Gasteiger partial charge in [0.25, 0.3) is 11.1 Å². The van der Waals surface area contributed by atoms with Crippen LogP contribution in [0.5, 0.6) is 5.19 Å². The number of hydrogen-bond acceptors (Lipinski definition) is 4. The van der Waals surface area contributed by atoms with Crippen molar-refractivity contribution in [3.8, 4) is 5.19 Å². The highest BCUT2D eigenvalue weighted by Crippen LogP contribution is 2.28. The summed E-state index contributed by atoms with van der Waals surface area (Å²) in [5.41, 5.74) is 1.36. The molecule has 124 valence electrons. The molecule has 0 saturated heterocycles. The zero-order chi connectivity index (χ0) is 17.1. The lowest BCUT2D eigenvalue weighted by Crippen LogP contribution is -2.40. The van der Waals surface area contributed by atoms with Gasteiger partial charge in [-0.05, 0) is 38.1 Å². The topological polar surface area (TPSA) is 42.4 Å². The number of carbonyl (C=O) groups excluding carboxylic acids is 1. The Morgan fingerprint density at radius 1 is 1.25 bits per heavy atom. The van der Waals surface area contributed by atoms with Gasteiger partial charge in [-0.25, -0.2) is 9.37 Å². The fourth-order valence-corrected chi connectivity index (χ4v) is 3.25. The van der Waals surface area contributed by atoms with Crippen molar-refractivity contribution in [1.29, 1.82) is 0 Å². The van der Waals surface area contributed by atoms with E-state index < -0.39 is 0 Å². The Bertz CT molecular complexity index is 849. The molecule has 1 heterocycles. The first kappa shape index (κ1) is 16.4. The molecule has 0 unspecified atom stereocenters. The Kier molecular flexibility index (Phi) is 4.76. The maximum absolute atomic E-state index is 13.2. The lowest BCUT2D eigenvalue weighted by molar-refractivity contribution is -0.120. The number of halogens is 1. The number of para-hydroxylation sites is 1. The zero-order valence-electron chi connectivity index (χ0n) is 13.4. The lowest BCUT2D eigenvalue weighted by atomic mass is 10.2. The summed E-state index contributed by atoms with van der Waals surface area (Å²) in [4.78, 5) is 18.4. The van der Waals surface area contributed by atoms with Crippen molar-refractivity contribution in [1.82, 2.24) is 4.98 Å². The monoisotopic (exact) mass is 344 g/mol. The lowest BCUT2D eigenvalue weighted by Gasteiger charge is -2.26. The molecule has 1 aromatic heterocycles. The molecule has 4 nitrogen and oxygen atoms in total. The minimum atomic E-state index is -0.342. The summed E-state index contributed by atoms with van der Waals surface area (Å²) < 4.78 is 19.6. The van der Waals surface area contributed by atoms with Gasteiger partial charge in [0.15, 0.2) is 6.61 Å². The van der Waals surface area contributed by atoms with Gasteiger partial charge in [0.2, 0.25) is 0 Å². The molecule has 2 aromatic carbocycles. The summed E-state index contributed by atoms with van der Waals surface area (Å²) in [6, 6.07) is 13.9. The Hall–Kier alpha value is -2.47. The molecule has 6 heteroatoms. The Morgan fingerprint density at radius 2 is 2.00 bits per heavy atom. The van der Waals surface area contributed by atoms with Crippen LogP contribution < -0.4 is 9.64 Å². The molecule has 1 amide bonds. The van der Waals surface area contributed by atoms with Gasteiger partial charge in [0.1, 0.15) is 5.82 Å². The number of rotatable bonds is 5. The van der Waals surface area contributed by atoms with E-state index in [1.54, 1.807) is 11.0 Å². The fourth-order valence-electron chi connectivity index (χ4n) is 2.45. The van der Waals surface area contributed by atoms with E-state index in [-0.39, 0.29) is 24.4 Å². The largest absolute Gasteiger partial charge is 0.460 e. The quantitative estimate of drug-likeness (QED) is 0.695. The van der Waals surface area contributed by atoms with Gasteiger partial charge in [-0.15, -0.1) is 0 Å². The predicted octanol–water partition coefficient (Wildman–Crippen LogP) is 4.26. The number of fused-ring (bicyclic) bond motifs is 1. The van der Waals surface area contributed by atoms with Crippen LogP contribution in [0.3, 0.4) is 0 Å². The molecular weight excluding hydrogens is 327 g/mol. The van der Waals surface area contributed by atoms with Gasteiger partial charge in [-0.1, -0.05) is 29.5 Å². The average Bonchev–Trinajstić information content (AvgIpc) is 2.95. The number of carbonyl (C=O) groups is 1. The normalized spacial score (nSPS) is 11.0. The van der Waals surface area contributed by atoms with Gasteiger partial charge in [-0.2, -0.15) is 0 Å². The van der Waals surface area contributed by atoms with Gasteiger partial charge >= 0.3 is 0 Å². The van der Waals surface area contributed by atoms with E-state index in [0.717, 1.165) is 10.4 Å². The van der Waals surface area contributed by atoms with Crippen LogP contribution in [0.1, 0.15) is 13.8 Å². The summed E-state index contributed by atoms with van der Waals surface area (Å²) in [5, 5.41) is 0.362. The van der Waals surface area contributed by atoms with Crippen molar-refractivity contribution in [2.45, 2.75) is 19.9 Å². The van der Waals surface area contributed by atoms with Crippen molar-refractivity contribution >= 4 is 33.1 Å². The zero-order valence-corrected chi connectivity index (χ0v) is 14.2. The van der Waals surface area contributed by atoms with Gasteiger partial charge in [-0.3, -0.25) is 4.79 Å². The van der Waals surface area contributed by atoms with Gasteiger partial charge < -0.3 is 9.64 Å². The average molecular weight is 344 g/mol. The number of aromatic nitrogens is 1. The van der Waals surface area contributed by atoms with Crippen molar-refractivity contribution < 1.29 is 13.9 Å². The smallest absolute Gasteiger partial charge is 0.274 e. The molecule has 0 saturated carbocycles. The molecule has 0 aliphatic carbocycles. The summed E-state index contributed by atoms with van der Waals surface area (Å²) >= 11 is 1.29. The highest BCUT2D eigenvalue weighted by Gasteiger charge is 2.20. The third-order valence-electron chi connectivity index (χ3n) is 3.47. The highest BCUT2D eigenvalue weighted by atomic mass is 32.1. The van der Waals surface area contributed by atoms with Crippen LogP contribution in [0.4, 0.5) is 10.1 Å². The molecule has 0 aliphatic heterocycles. The van der Waals surface area contributed by atoms with E-state index in [0.29, 0.717) is 10.7 Å². The standard InChI is InChI=1S/C18H17FN2O2S/c1-12(2)21(14-6-4-3-5-7-14)17(22)11-23-18-20-15-10-13(19)8-9-16(15)24-18/h3-10,12H,11H2,1-2H3. The summed E-state index contributed by atoms with van der Waals surface area (Å²) in [6.07, 6.45) is 0. The van der Waals surface area contributed by atoms with E-state index in [4.69, 9.17) is 4.74 Å². The molecule has 0 spiro atoms. The summed E-state index contributed by atoms with van der Waals surface area (Å²) in [7, 11) is 0. The van der Waals surface area contributed by atoms with E-state index in [1.807, 2.05) is 44.2 Å². The summed E-state index contributed by atoms with van der Waals surface area (Å²) in [6.45, 7) is 3.78. The first-order valence-corrected chi connectivity index (χ1v) is 8.42. The number of ether oxygens (including phenoxy) is 1. The number of thiazole rings is 1. The van der Waals surface area contributed by atoms with Crippen LogP contribution in [0.25, 0.3) is 10.2 Å². The number of hydrogen-bond donors (Lipinski definition) is 0. The molecule has 3 rings (SSSR count). The second-order valence-electron chi connectivity index (χ2n) is 5.57. The molecule has 0 fully saturated rings. The number of amides is 1. The molecule has 0 N–H and O–H groups in total. The molecular formula is C18H17FN2O2S. The van der Waals surface area contributed by atoms with Gasteiger partial charge in [0.05, 0.1) is 10.2 Å². The van der Waals surface area contributed by atoms with Crippen molar-refractivity contribution in [3.63, 3.8) is 0 Å². The Balaban J connectivity index is 1.73. The second-order valence-corrected chi connectivity index (χ2v) is 6.57. The van der Waals surface area contributed by atoms with Crippen molar-refractivity contribution in [2.75, 3.05) is 11.5 Å². The third kappa shape index (κ3) is 3.54. The molecule has 3 aromatic rings. The Morgan fingerprint density at radius 3 is 2.71 bits per heavy atom. The molecule has 0 radical (unpaired) electrons. The van der Waals surface area contributed by atoms with Crippen LogP contribution in [-0.2, 0) is 4.79 Å². The van der Waals surface area contributed by atoms with Crippen molar-refractivity contribution in [2.24, 2.45) is 0 Å². The minimum Gasteiger partial charge on any atom is -0.460 e.